The molecule has 5 aliphatic carbocycles. The van der Waals surface area contributed by atoms with Gasteiger partial charge in [-0.25, -0.2) is 9.36 Å². The molecular weight excluding hydrogens is 921 g/mol. The Hall–Kier alpha value is -6.52. The Morgan fingerprint density at radius 1 is 0.722 bits per heavy atom. The molecular formula is C55H66N6O11. The molecule has 0 bridgehead atoms. The zero-order chi connectivity index (χ0) is 51.4. The van der Waals surface area contributed by atoms with Gasteiger partial charge in [-0.2, -0.15) is 0 Å². The average molecular weight is 987 g/mol. The topological polar surface area (TPSA) is 210 Å². The van der Waals surface area contributed by atoms with Gasteiger partial charge < -0.3 is 23.7 Å². The second kappa shape index (κ2) is 18.8. The van der Waals surface area contributed by atoms with E-state index in [1.807, 2.05) is 26.8 Å². The summed E-state index contributed by atoms with van der Waals surface area (Å²) in [7, 11) is 1.45. The summed E-state index contributed by atoms with van der Waals surface area (Å²) in [4.78, 5) is 80.0. The van der Waals surface area contributed by atoms with Gasteiger partial charge in [-0.3, -0.25) is 28.8 Å². The van der Waals surface area contributed by atoms with Crippen molar-refractivity contribution in [3.05, 3.63) is 95.1 Å². The van der Waals surface area contributed by atoms with Crippen molar-refractivity contribution in [3.8, 4) is 11.5 Å². The van der Waals surface area contributed by atoms with Crippen LogP contribution in [0.5, 0.6) is 11.5 Å². The van der Waals surface area contributed by atoms with Crippen molar-refractivity contribution < 1.29 is 52.5 Å². The molecule has 17 heteroatoms. The molecule has 0 amide bonds. The van der Waals surface area contributed by atoms with E-state index in [9.17, 15) is 24.0 Å². The molecule has 17 nitrogen and oxygen atoms in total. The molecule has 5 aliphatic rings. The van der Waals surface area contributed by atoms with Gasteiger partial charge in [0.15, 0.2) is 18.4 Å². The highest BCUT2D eigenvalue weighted by Crippen LogP contribution is 2.75. The second-order valence-electron chi connectivity index (χ2n) is 22.9. The Bertz CT molecular complexity index is 2820. The van der Waals surface area contributed by atoms with E-state index in [0.29, 0.717) is 53.0 Å². The van der Waals surface area contributed by atoms with E-state index in [1.54, 1.807) is 60.9 Å². The molecule has 2 aromatic heterocycles. The van der Waals surface area contributed by atoms with Gasteiger partial charge in [-0.15, -0.1) is 10.2 Å². The minimum absolute atomic E-state index is 0.00323. The molecule has 10 atom stereocenters. The van der Waals surface area contributed by atoms with E-state index in [0.717, 1.165) is 44.1 Å². The quantitative estimate of drug-likeness (QED) is 0.0629. The van der Waals surface area contributed by atoms with Gasteiger partial charge in [0.05, 0.1) is 36.0 Å². The molecule has 0 unspecified atom stereocenters. The first-order valence-electron chi connectivity index (χ1n) is 25.1. The number of aromatic nitrogens is 6. The van der Waals surface area contributed by atoms with Crippen LogP contribution in [0.4, 0.5) is 0 Å². The number of aldehydes is 2. The molecule has 0 aliphatic heterocycles. The van der Waals surface area contributed by atoms with Crippen LogP contribution in [0.25, 0.3) is 0 Å². The van der Waals surface area contributed by atoms with E-state index in [4.69, 9.17) is 23.7 Å². The summed E-state index contributed by atoms with van der Waals surface area (Å²) in [5.74, 6) is -1.18. The predicted octanol–water partition coefficient (Wildman–Crippen LogP) is 7.94. The Morgan fingerprint density at radius 3 is 1.85 bits per heavy atom. The van der Waals surface area contributed by atoms with Crippen LogP contribution in [0.3, 0.4) is 0 Å². The molecule has 0 radical (unpaired) electrons. The van der Waals surface area contributed by atoms with E-state index in [-0.39, 0.29) is 67.1 Å². The fraction of sp³-hybridized carbons (Fsp3) is 0.564. The van der Waals surface area contributed by atoms with Gasteiger partial charge in [0.1, 0.15) is 61.4 Å². The average Bonchev–Trinajstić information content (AvgIpc) is 4.00. The number of nitrogens with zero attached hydrogens (tertiary/aromatic N) is 6. The number of allylic oxidation sites excluding steroid dienone is 2. The molecule has 4 fully saturated rings. The lowest BCUT2D eigenvalue weighted by Gasteiger charge is -2.71. The van der Waals surface area contributed by atoms with Gasteiger partial charge in [0, 0.05) is 11.3 Å². The first kappa shape index (κ1) is 50.4. The van der Waals surface area contributed by atoms with Crippen LogP contribution in [0.15, 0.2) is 72.6 Å². The zero-order valence-electron chi connectivity index (χ0n) is 42.6. The molecule has 9 rings (SSSR count). The number of carbonyl (C=O) groups is 6. The number of ketones is 1. The summed E-state index contributed by atoms with van der Waals surface area (Å²) < 4.78 is 32.6. The van der Waals surface area contributed by atoms with E-state index >= 15 is 4.79 Å². The minimum atomic E-state index is -0.969. The van der Waals surface area contributed by atoms with Gasteiger partial charge >= 0.3 is 17.9 Å². The molecule has 382 valence electrons. The normalized spacial score (nSPS) is 32.3. The number of hydrogen-bond acceptors (Lipinski definition) is 15. The Labute approximate surface area is 419 Å². The van der Waals surface area contributed by atoms with Crippen LogP contribution in [0.1, 0.15) is 132 Å². The maximum atomic E-state index is 15.4. The monoisotopic (exact) mass is 986 g/mol. The van der Waals surface area contributed by atoms with Crippen LogP contribution in [0, 0.1) is 50.2 Å². The lowest BCUT2D eigenvalue weighted by Crippen LogP contribution is -2.69. The number of benzene rings is 2. The summed E-state index contributed by atoms with van der Waals surface area (Å²) in [6.07, 6.45) is 10.4. The summed E-state index contributed by atoms with van der Waals surface area (Å²) in [6.45, 7) is 14.6. The van der Waals surface area contributed by atoms with Gasteiger partial charge in [0.2, 0.25) is 0 Å². The van der Waals surface area contributed by atoms with E-state index in [1.165, 1.54) is 16.5 Å². The van der Waals surface area contributed by atoms with Crippen LogP contribution >= 0.6 is 0 Å². The van der Waals surface area contributed by atoms with Crippen molar-refractivity contribution in [2.24, 2.45) is 50.2 Å². The SMILES string of the molecule is COC(=O)[C@@]1(C)CC[C@]2(C)CC[C@]3(C)C(=CC(=O)[C@@H]4[C@@]5(C)C[C@H](OC(=O)Cn6cc(COc7ccccc7C=O)nn6)[C@@H](OC(=O)Cn6cc(COc7ccccc7C=O)nn6)C(C)(C)[C@@H]5CC[C@]43C)[C@@H]2C1. The number of ether oxygens (including phenoxy) is 5. The smallest absolute Gasteiger partial charge is 0.328 e. The maximum absolute atomic E-state index is 15.4. The fourth-order valence-corrected chi connectivity index (χ4v) is 14.4. The molecule has 2 heterocycles. The van der Waals surface area contributed by atoms with Crippen molar-refractivity contribution in [2.45, 2.75) is 138 Å². The molecule has 72 heavy (non-hydrogen) atoms. The lowest BCUT2D eigenvalue weighted by atomic mass is 9.33. The first-order chi connectivity index (χ1) is 34.2. The zero-order valence-corrected chi connectivity index (χ0v) is 42.6. The third-order valence-corrected chi connectivity index (χ3v) is 18.3. The van der Waals surface area contributed by atoms with Crippen molar-refractivity contribution >= 4 is 36.3 Å². The highest BCUT2D eigenvalue weighted by atomic mass is 16.6. The maximum Gasteiger partial charge on any atom is 0.328 e. The van der Waals surface area contributed by atoms with E-state index in [2.05, 4.69) is 48.3 Å². The predicted molar refractivity (Wildman–Crippen MR) is 259 cm³/mol. The molecule has 4 saturated carbocycles. The van der Waals surface area contributed by atoms with Crippen molar-refractivity contribution in [1.29, 1.82) is 0 Å². The standard InChI is InChI=1S/C55H66N6O11/c1-50(2)44-17-18-55(7)47(40(64)23-38-39-24-52(4,49(67)68-8)20-19-51(39,3)21-22-54(38,55)6)53(44,5)25-43(71-45(65)28-60-26-36(56-58-60)32-69-41-15-11-9-13-34(41)30-62)48(50)72-46(66)29-61-27-37(57-59-61)33-70-42-16-12-10-14-35(42)31-63/h9-16,23,26-27,30-31,39,43-44,47-48H,17-22,24-25,28-29,32-33H2,1-8H3/t39-,43-,44-,47+,48+,51+,52-,53-,54+,55+/m0/s1. The first-order valence-corrected chi connectivity index (χ1v) is 25.1. The highest BCUT2D eigenvalue weighted by molar-refractivity contribution is 5.96. The molecule has 0 saturated heterocycles. The minimum Gasteiger partial charge on any atom is -0.486 e. The number of rotatable bonds is 15. The summed E-state index contributed by atoms with van der Waals surface area (Å²) in [5, 5.41) is 16.7. The number of carbonyl (C=O) groups excluding carboxylic acids is 6. The van der Waals surface area contributed by atoms with Crippen LogP contribution < -0.4 is 9.47 Å². The molecule has 0 spiro atoms. The summed E-state index contributed by atoms with van der Waals surface area (Å²) in [5.41, 5.74) is -0.295. The third-order valence-electron chi connectivity index (χ3n) is 18.3. The van der Waals surface area contributed by atoms with Crippen molar-refractivity contribution in [2.75, 3.05) is 7.11 Å². The Kier molecular flexibility index (Phi) is 13.2. The van der Waals surface area contributed by atoms with Crippen molar-refractivity contribution in [1.82, 2.24) is 30.0 Å². The van der Waals surface area contributed by atoms with Crippen LogP contribution in [0.2, 0.25) is 0 Å². The van der Waals surface area contributed by atoms with Crippen LogP contribution in [-0.4, -0.2) is 85.6 Å². The third kappa shape index (κ3) is 8.73. The van der Waals surface area contributed by atoms with Crippen molar-refractivity contribution in [3.63, 3.8) is 0 Å². The molecule has 2 aromatic carbocycles. The molecule has 4 aromatic rings. The number of methoxy groups -OCH3 is 1. The summed E-state index contributed by atoms with van der Waals surface area (Å²) in [6, 6.07) is 13.6. The number of para-hydroxylation sites is 2. The Morgan fingerprint density at radius 2 is 1.28 bits per heavy atom. The summed E-state index contributed by atoms with van der Waals surface area (Å²) >= 11 is 0. The Balaban J connectivity index is 0.989. The number of hydrogen-bond donors (Lipinski definition) is 0. The number of esters is 3. The fourth-order valence-electron chi connectivity index (χ4n) is 14.4. The van der Waals surface area contributed by atoms with Crippen LogP contribution in [-0.2, 0) is 59.7 Å². The second-order valence-corrected chi connectivity index (χ2v) is 22.9. The van der Waals surface area contributed by atoms with Gasteiger partial charge in [0.25, 0.3) is 0 Å². The van der Waals surface area contributed by atoms with E-state index < -0.39 is 51.7 Å². The lowest BCUT2D eigenvalue weighted by molar-refractivity contribution is -0.241. The largest absolute Gasteiger partial charge is 0.486 e. The highest BCUT2D eigenvalue weighted by Gasteiger charge is 2.72. The van der Waals surface area contributed by atoms with Gasteiger partial charge in [-0.1, -0.05) is 81.8 Å². The van der Waals surface area contributed by atoms with Gasteiger partial charge in [-0.05, 0) is 122 Å². The number of fused-ring (bicyclic) bond motifs is 7. The molecule has 0 N–H and O–H groups in total.